The molecule has 3 heteroatoms. The fourth-order valence-electron chi connectivity index (χ4n) is 2.15. The summed E-state index contributed by atoms with van der Waals surface area (Å²) in [7, 11) is 0. The van der Waals surface area contributed by atoms with Crippen molar-refractivity contribution in [2.24, 2.45) is 5.92 Å². The molecule has 1 rings (SSSR count). The number of aromatic nitrogens is 1. The number of nitrogens with zero attached hydrogens (tertiary/aromatic N) is 2. The minimum Gasteiger partial charge on any atom is -0.369 e. The number of anilines is 1. The zero-order chi connectivity index (χ0) is 13.5. The Balaban J connectivity index is 2.78. The number of nitrogens with one attached hydrogen (secondary N) is 1. The normalized spacial score (nSPS) is 11.3. The van der Waals surface area contributed by atoms with Gasteiger partial charge in [0.25, 0.3) is 0 Å². The van der Waals surface area contributed by atoms with E-state index in [2.05, 4.69) is 55.9 Å². The first kappa shape index (κ1) is 15.0. The van der Waals surface area contributed by atoms with Crippen molar-refractivity contribution in [1.82, 2.24) is 10.3 Å². The molecule has 1 N–H and O–H groups in total. The van der Waals surface area contributed by atoms with Crippen molar-refractivity contribution in [3.05, 3.63) is 24.0 Å². The molecule has 0 bridgehead atoms. The summed E-state index contributed by atoms with van der Waals surface area (Å²) in [6.45, 7) is 14.1. The fourth-order valence-corrected chi connectivity index (χ4v) is 2.15. The van der Waals surface area contributed by atoms with Gasteiger partial charge in [-0.05, 0) is 39.3 Å². The molecule has 0 spiro atoms. The highest BCUT2D eigenvalue weighted by molar-refractivity contribution is 5.52. The van der Waals surface area contributed by atoms with Gasteiger partial charge in [0.15, 0.2) is 0 Å². The van der Waals surface area contributed by atoms with Crippen LogP contribution in [0.5, 0.6) is 0 Å². The zero-order valence-corrected chi connectivity index (χ0v) is 12.4. The maximum atomic E-state index is 4.25. The highest BCUT2D eigenvalue weighted by Gasteiger charge is 2.12. The van der Waals surface area contributed by atoms with Gasteiger partial charge in [-0.15, -0.1) is 0 Å². The van der Waals surface area contributed by atoms with E-state index in [1.165, 1.54) is 11.3 Å². The van der Waals surface area contributed by atoms with Crippen LogP contribution in [0, 0.1) is 5.92 Å². The van der Waals surface area contributed by atoms with Gasteiger partial charge >= 0.3 is 0 Å². The van der Waals surface area contributed by atoms with Crippen LogP contribution in [0.3, 0.4) is 0 Å². The second-order valence-corrected chi connectivity index (χ2v) is 5.41. The molecule has 1 aromatic heterocycles. The van der Waals surface area contributed by atoms with Gasteiger partial charge in [0.05, 0.1) is 0 Å². The lowest BCUT2D eigenvalue weighted by atomic mass is 10.1. The second-order valence-electron chi connectivity index (χ2n) is 5.41. The lowest BCUT2D eigenvalue weighted by Crippen LogP contribution is -2.32. The van der Waals surface area contributed by atoms with Crippen molar-refractivity contribution in [3.8, 4) is 0 Å². The molecule has 0 saturated carbocycles. The molecular formula is C15H27N3. The average molecular weight is 249 g/mol. The molecule has 0 amide bonds. The Morgan fingerprint density at radius 1 is 1.28 bits per heavy atom. The van der Waals surface area contributed by atoms with Gasteiger partial charge in [0, 0.05) is 42.8 Å². The summed E-state index contributed by atoms with van der Waals surface area (Å²) in [5.74, 6) is 0.678. The van der Waals surface area contributed by atoms with Crippen molar-refractivity contribution in [2.45, 2.75) is 47.2 Å². The molecule has 0 saturated heterocycles. The standard InChI is InChI=1S/C15H27N3/c1-6-18(13(4)5)15-7-8-16-10-14(15)11-17-9-12(2)3/h7-8,10,12-13,17H,6,9,11H2,1-5H3. The Labute approximate surface area is 112 Å². The summed E-state index contributed by atoms with van der Waals surface area (Å²) in [6, 6.07) is 2.64. The zero-order valence-electron chi connectivity index (χ0n) is 12.4. The maximum absolute atomic E-state index is 4.25. The Bertz CT molecular complexity index is 347. The van der Waals surface area contributed by atoms with Gasteiger partial charge in [-0.2, -0.15) is 0 Å². The maximum Gasteiger partial charge on any atom is 0.0445 e. The van der Waals surface area contributed by atoms with Crippen LogP contribution in [0.4, 0.5) is 5.69 Å². The van der Waals surface area contributed by atoms with Crippen LogP contribution in [-0.2, 0) is 6.54 Å². The van der Waals surface area contributed by atoms with Crippen molar-refractivity contribution in [1.29, 1.82) is 0 Å². The first-order valence-electron chi connectivity index (χ1n) is 6.96. The molecule has 0 fully saturated rings. The third kappa shape index (κ3) is 4.30. The molecule has 1 aromatic rings. The first-order valence-corrected chi connectivity index (χ1v) is 6.96. The molecule has 0 aliphatic rings. The molecule has 0 radical (unpaired) electrons. The van der Waals surface area contributed by atoms with E-state index < -0.39 is 0 Å². The molecule has 102 valence electrons. The largest absolute Gasteiger partial charge is 0.369 e. The predicted molar refractivity (Wildman–Crippen MR) is 78.9 cm³/mol. The van der Waals surface area contributed by atoms with E-state index in [1.807, 2.05) is 12.4 Å². The van der Waals surface area contributed by atoms with Gasteiger partial charge in [0.2, 0.25) is 0 Å². The lowest BCUT2D eigenvalue weighted by molar-refractivity contribution is 0.550. The van der Waals surface area contributed by atoms with Crippen molar-refractivity contribution < 1.29 is 0 Å². The number of rotatable bonds is 7. The van der Waals surface area contributed by atoms with E-state index in [0.717, 1.165) is 19.6 Å². The molecule has 0 atom stereocenters. The Morgan fingerprint density at radius 2 is 2.00 bits per heavy atom. The number of pyridine rings is 1. The summed E-state index contributed by atoms with van der Waals surface area (Å²) in [5, 5.41) is 3.49. The Kier molecular flexibility index (Phi) is 6.13. The summed E-state index contributed by atoms with van der Waals surface area (Å²) in [5.41, 5.74) is 2.59. The van der Waals surface area contributed by atoms with E-state index >= 15 is 0 Å². The third-order valence-corrected chi connectivity index (χ3v) is 3.02. The van der Waals surface area contributed by atoms with Crippen LogP contribution >= 0.6 is 0 Å². The molecule has 0 unspecified atom stereocenters. The van der Waals surface area contributed by atoms with E-state index in [9.17, 15) is 0 Å². The molecule has 1 heterocycles. The fraction of sp³-hybridized carbons (Fsp3) is 0.667. The van der Waals surface area contributed by atoms with E-state index in [0.29, 0.717) is 12.0 Å². The molecule has 0 aliphatic heterocycles. The quantitative estimate of drug-likeness (QED) is 0.805. The summed E-state index contributed by atoms with van der Waals surface area (Å²) >= 11 is 0. The van der Waals surface area contributed by atoms with Crippen LogP contribution in [-0.4, -0.2) is 24.1 Å². The smallest absolute Gasteiger partial charge is 0.0445 e. The highest BCUT2D eigenvalue weighted by Crippen LogP contribution is 2.21. The lowest BCUT2D eigenvalue weighted by Gasteiger charge is -2.29. The van der Waals surface area contributed by atoms with Gasteiger partial charge in [-0.1, -0.05) is 13.8 Å². The predicted octanol–water partition coefficient (Wildman–Crippen LogP) is 3.06. The second kappa shape index (κ2) is 7.37. The molecular weight excluding hydrogens is 222 g/mol. The summed E-state index contributed by atoms with van der Waals surface area (Å²) in [4.78, 5) is 6.66. The van der Waals surface area contributed by atoms with Crippen molar-refractivity contribution in [2.75, 3.05) is 18.0 Å². The Hall–Kier alpha value is -1.09. The summed E-state index contributed by atoms with van der Waals surface area (Å²) in [6.07, 6.45) is 3.86. The molecule has 0 aromatic carbocycles. The highest BCUT2D eigenvalue weighted by atomic mass is 15.2. The van der Waals surface area contributed by atoms with Gasteiger partial charge in [0.1, 0.15) is 0 Å². The first-order chi connectivity index (χ1) is 8.56. The number of hydrogen-bond acceptors (Lipinski definition) is 3. The van der Waals surface area contributed by atoms with Crippen LogP contribution in [0.2, 0.25) is 0 Å². The third-order valence-electron chi connectivity index (χ3n) is 3.02. The monoisotopic (exact) mass is 249 g/mol. The molecule has 18 heavy (non-hydrogen) atoms. The van der Waals surface area contributed by atoms with Crippen LogP contribution < -0.4 is 10.2 Å². The van der Waals surface area contributed by atoms with Crippen LogP contribution in [0.1, 0.15) is 40.2 Å². The average Bonchev–Trinajstić information content (AvgIpc) is 2.31. The van der Waals surface area contributed by atoms with Crippen molar-refractivity contribution in [3.63, 3.8) is 0 Å². The minimum absolute atomic E-state index is 0.515. The van der Waals surface area contributed by atoms with Gasteiger partial charge in [-0.3, -0.25) is 4.98 Å². The van der Waals surface area contributed by atoms with E-state index in [1.54, 1.807) is 0 Å². The van der Waals surface area contributed by atoms with Gasteiger partial charge in [-0.25, -0.2) is 0 Å². The molecule has 0 aliphatic carbocycles. The Morgan fingerprint density at radius 3 is 2.56 bits per heavy atom. The van der Waals surface area contributed by atoms with Crippen LogP contribution in [0.25, 0.3) is 0 Å². The SMILES string of the molecule is CCN(c1ccncc1CNCC(C)C)C(C)C. The number of hydrogen-bond donors (Lipinski definition) is 1. The summed E-state index contributed by atoms with van der Waals surface area (Å²) < 4.78 is 0. The minimum atomic E-state index is 0.515. The van der Waals surface area contributed by atoms with E-state index in [4.69, 9.17) is 0 Å². The molecule has 3 nitrogen and oxygen atoms in total. The van der Waals surface area contributed by atoms with Gasteiger partial charge < -0.3 is 10.2 Å². The topological polar surface area (TPSA) is 28.2 Å². The van der Waals surface area contributed by atoms with E-state index in [-0.39, 0.29) is 0 Å². The van der Waals surface area contributed by atoms with Crippen LogP contribution in [0.15, 0.2) is 18.5 Å². The van der Waals surface area contributed by atoms with Crippen molar-refractivity contribution >= 4 is 5.69 Å².